The first kappa shape index (κ1) is 6.32. The molecule has 0 saturated heterocycles. The summed E-state index contributed by atoms with van der Waals surface area (Å²) in [6, 6.07) is 0. The van der Waals surface area contributed by atoms with E-state index >= 15 is 0 Å². The molecular formula is C5H8INO. The standard InChI is InChI=1S/C5H8INO/c1-4-3-7-5(2-6)8-4/h4H,2-3H2,1H3. The molecule has 0 aromatic heterocycles. The maximum Gasteiger partial charge on any atom is 0.193 e. The van der Waals surface area contributed by atoms with Crippen molar-refractivity contribution in [1.29, 1.82) is 0 Å². The van der Waals surface area contributed by atoms with E-state index in [1.165, 1.54) is 0 Å². The molecule has 0 bridgehead atoms. The molecule has 3 heteroatoms. The molecule has 0 aromatic carbocycles. The lowest BCUT2D eigenvalue weighted by Crippen LogP contribution is -2.07. The van der Waals surface area contributed by atoms with E-state index < -0.39 is 0 Å². The number of alkyl halides is 1. The molecule has 0 spiro atoms. The highest BCUT2D eigenvalue weighted by atomic mass is 127. The molecule has 0 N–H and O–H groups in total. The summed E-state index contributed by atoms with van der Waals surface area (Å²) in [5, 5.41) is 0. The van der Waals surface area contributed by atoms with Gasteiger partial charge in [0.25, 0.3) is 0 Å². The Morgan fingerprint density at radius 1 is 2.00 bits per heavy atom. The summed E-state index contributed by atoms with van der Waals surface area (Å²) in [7, 11) is 0. The zero-order valence-corrected chi connectivity index (χ0v) is 6.88. The average Bonchev–Trinajstić information content (AvgIpc) is 2.14. The van der Waals surface area contributed by atoms with Crippen molar-refractivity contribution in [3.05, 3.63) is 0 Å². The second-order valence-electron chi connectivity index (χ2n) is 1.80. The van der Waals surface area contributed by atoms with Crippen LogP contribution in [0.2, 0.25) is 0 Å². The van der Waals surface area contributed by atoms with Gasteiger partial charge in [-0.25, -0.2) is 0 Å². The lowest BCUT2D eigenvalue weighted by Gasteiger charge is -2.00. The summed E-state index contributed by atoms with van der Waals surface area (Å²) in [6.45, 7) is 2.88. The van der Waals surface area contributed by atoms with Crippen LogP contribution in [0.1, 0.15) is 6.92 Å². The second-order valence-corrected chi connectivity index (χ2v) is 2.56. The molecule has 1 aliphatic heterocycles. The minimum absolute atomic E-state index is 0.319. The van der Waals surface area contributed by atoms with E-state index in [-0.39, 0.29) is 0 Å². The number of halogens is 1. The lowest BCUT2D eigenvalue weighted by atomic mass is 10.4. The molecule has 1 atom stereocenters. The van der Waals surface area contributed by atoms with Gasteiger partial charge in [-0.1, -0.05) is 22.6 Å². The number of nitrogens with zero attached hydrogens (tertiary/aromatic N) is 1. The zero-order chi connectivity index (χ0) is 5.98. The van der Waals surface area contributed by atoms with E-state index in [9.17, 15) is 0 Å². The molecule has 0 aromatic rings. The highest BCUT2D eigenvalue weighted by Gasteiger charge is 2.12. The van der Waals surface area contributed by atoms with Gasteiger partial charge in [0.05, 0.1) is 11.0 Å². The van der Waals surface area contributed by atoms with E-state index in [2.05, 4.69) is 27.6 Å². The van der Waals surface area contributed by atoms with Crippen LogP contribution in [0.5, 0.6) is 0 Å². The Kier molecular flexibility index (Phi) is 2.10. The van der Waals surface area contributed by atoms with Gasteiger partial charge in [0, 0.05) is 0 Å². The normalized spacial score (nSPS) is 27.2. The largest absolute Gasteiger partial charge is 0.475 e. The molecule has 0 radical (unpaired) electrons. The van der Waals surface area contributed by atoms with E-state index in [0.717, 1.165) is 16.9 Å². The van der Waals surface area contributed by atoms with Gasteiger partial charge in [-0.3, -0.25) is 4.99 Å². The molecule has 1 heterocycles. The quantitative estimate of drug-likeness (QED) is 0.486. The Hall–Kier alpha value is 0.200. The van der Waals surface area contributed by atoms with Crippen LogP contribution in [0, 0.1) is 0 Å². The van der Waals surface area contributed by atoms with Crippen LogP contribution < -0.4 is 0 Å². The highest BCUT2D eigenvalue weighted by molar-refractivity contribution is 14.1. The molecule has 2 nitrogen and oxygen atoms in total. The SMILES string of the molecule is CC1CN=C(CI)O1. The summed E-state index contributed by atoms with van der Waals surface area (Å²) in [5.74, 6) is 0.901. The molecule has 0 fully saturated rings. The van der Waals surface area contributed by atoms with Crippen LogP contribution in [0.15, 0.2) is 4.99 Å². The Morgan fingerprint density at radius 2 is 2.75 bits per heavy atom. The Bertz CT molecular complexity index is 113. The predicted octanol–water partition coefficient (Wildman–Crippen LogP) is 1.24. The topological polar surface area (TPSA) is 21.6 Å². The van der Waals surface area contributed by atoms with Gasteiger partial charge in [0.2, 0.25) is 0 Å². The monoisotopic (exact) mass is 225 g/mol. The van der Waals surface area contributed by atoms with Crippen molar-refractivity contribution < 1.29 is 4.74 Å². The van der Waals surface area contributed by atoms with Crippen molar-refractivity contribution in [3.63, 3.8) is 0 Å². The minimum Gasteiger partial charge on any atom is -0.475 e. The summed E-state index contributed by atoms with van der Waals surface area (Å²) >= 11 is 2.24. The first-order chi connectivity index (χ1) is 3.83. The zero-order valence-electron chi connectivity index (χ0n) is 4.72. The molecule has 8 heavy (non-hydrogen) atoms. The fourth-order valence-corrected chi connectivity index (χ4v) is 1.03. The van der Waals surface area contributed by atoms with Crippen LogP contribution in [-0.2, 0) is 4.74 Å². The third-order valence-corrected chi connectivity index (χ3v) is 1.63. The molecule has 0 amide bonds. The van der Waals surface area contributed by atoms with Crippen LogP contribution >= 0.6 is 22.6 Å². The summed E-state index contributed by atoms with van der Waals surface area (Å²) < 4.78 is 6.16. The maximum absolute atomic E-state index is 5.25. The first-order valence-corrected chi connectivity index (χ1v) is 4.11. The van der Waals surface area contributed by atoms with Crippen molar-refractivity contribution in [3.8, 4) is 0 Å². The average molecular weight is 225 g/mol. The van der Waals surface area contributed by atoms with Crippen molar-refractivity contribution in [1.82, 2.24) is 0 Å². The predicted molar refractivity (Wildman–Crippen MR) is 41.7 cm³/mol. The smallest absolute Gasteiger partial charge is 0.193 e. The highest BCUT2D eigenvalue weighted by Crippen LogP contribution is 2.04. The third-order valence-electron chi connectivity index (χ3n) is 0.976. The van der Waals surface area contributed by atoms with Crippen molar-refractivity contribution in [2.24, 2.45) is 4.99 Å². The number of aliphatic imine (C=N–C) groups is 1. The maximum atomic E-state index is 5.25. The fourth-order valence-electron chi connectivity index (χ4n) is 0.611. The molecular weight excluding hydrogens is 217 g/mol. The molecule has 1 aliphatic rings. The van der Waals surface area contributed by atoms with Gasteiger partial charge in [0.15, 0.2) is 5.90 Å². The number of rotatable bonds is 1. The van der Waals surface area contributed by atoms with E-state index in [0.29, 0.717) is 6.10 Å². The van der Waals surface area contributed by atoms with Gasteiger partial charge in [-0.15, -0.1) is 0 Å². The molecule has 0 aliphatic carbocycles. The number of hydrogen-bond donors (Lipinski definition) is 0. The first-order valence-electron chi connectivity index (χ1n) is 2.59. The van der Waals surface area contributed by atoms with Crippen LogP contribution in [0.25, 0.3) is 0 Å². The summed E-state index contributed by atoms with van der Waals surface area (Å²) in [5.41, 5.74) is 0. The second kappa shape index (κ2) is 2.66. The lowest BCUT2D eigenvalue weighted by molar-refractivity contribution is 0.245. The van der Waals surface area contributed by atoms with E-state index in [1.807, 2.05) is 6.92 Å². The van der Waals surface area contributed by atoms with E-state index in [4.69, 9.17) is 4.74 Å². The Labute approximate surface area is 62.5 Å². The number of ether oxygens (including phenoxy) is 1. The molecule has 0 saturated carbocycles. The van der Waals surface area contributed by atoms with Gasteiger partial charge in [0.1, 0.15) is 6.10 Å². The van der Waals surface area contributed by atoms with Crippen molar-refractivity contribution >= 4 is 28.5 Å². The molecule has 1 rings (SSSR count). The fraction of sp³-hybridized carbons (Fsp3) is 0.800. The molecule has 1 unspecified atom stereocenters. The van der Waals surface area contributed by atoms with Crippen LogP contribution in [0.4, 0.5) is 0 Å². The van der Waals surface area contributed by atoms with Gasteiger partial charge in [-0.2, -0.15) is 0 Å². The summed E-state index contributed by atoms with van der Waals surface area (Å²) in [4.78, 5) is 4.12. The summed E-state index contributed by atoms with van der Waals surface area (Å²) in [6.07, 6.45) is 0.319. The Balaban J connectivity index is 2.37. The number of hydrogen-bond acceptors (Lipinski definition) is 2. The van der Waals surface area contributed by atoms with Gasteiger partial charge >= 0.3 is 0 Å². The van der Waals surface area contributed by atoms with Gasteiger partial charge < -0.3 is 4.74 Å². The van der Waals surface area contributed by atoms with E-state index in [1.54, 1.807) is 0 Å². The van der Waals surface area contributed by atoms with Crippen LogP contribution in [-0.4, -0.2) is 23.0 Å². The Morgan fingerprint density at radius 3 is 3.00 bits per heavy atom. The minimum atomic E-state index is 0.319. The van der Waals surface area contributed by atoms with Crippen molar-refractivity contribution in [2.45, 2.75) is 13.0 Å². The molecule has 46 valence electrons. The third kappa shape index (κ3) is 1.34. The van der Waals surface area contributed by atoms with Gasteiger partial charge in [-0.05, 0) is 6.92 Å². The van der Waals surface area contributed by atoms with Crippen LogP contribution in [0.3, 0.4) is 0 Å². The van der Waals surface area contributed by atoms with Crippen molar-refractivity contribution in [2.75, 3.05) is 11.0 Å².